The molecule has 30 heavy (non-hydrogen) atoms. The van der Waals surface area contributed by atoms with Crippen molar-refractivity contribution in [3.63, 3.8) is 0 Å². The van der Waals surface area contributed by atoms with Crippen LogP contribution >= 0.6 is 11.8 Å². The first kappa shape index (κ1) is 20.3. The standard InChI is InChI=1S/C20H17F2N5O2S/c1-11-5-13(24-2)7-25-16(11)17(28)26-12-3-4-15(21)14(6-12)20-9-29-8-19(20,22)10-30-18(23)27-20/h3-7H,8-10H2,1H3,(H2,23,27)(H,26,28)/t19-,20-/m1/s1. The third kappa shape index (κ3) is 3.20. The minimum absolute atomic E-state index is 0.00508. The van der Waals surface area contributed by atoms with E-state index in [0.717, 1.165) is 17.8 Å². The molecule has 1 saturated heterocycles. The summed E-state index contributed by atoms with van der Waals surface area (Å²) in [6, 6.07) is 5.42. The van der Waals surface area contributed by atoms with Gasteiger partial charge in [-0.15, -0.1) is 0 Å². The Morgan fingerprint density at radius 2 is 2.20 bits per heavy atom. The molecule has 4 rings (SSSR count). The van der Waals surface area contributed by atoms with Gasteiger partial charge < -0.3 is 15.8 Å². The van der Waals surface area contributed by atoms with E-state index in [4.69, 9.17) is 17.0 Å². The summed E-state index contributed by atoms with van der Waals surface area (Å²) in [4.78, 5) is 24.2. The zero-order valence-electron chi connectivity index (χ0n) is 15.9. The van der Waals surface area contributed by atoms with Crippen molar-refractivity contribution in [1.29, 1.82) is 0 Å². The molecule has 2 atom stereocenters. The summed E-state index contributed by atoms with van der Waals surface area (Å²) in [6.07, 6.45) is 1.30. The second-order valence-corrected chi connectivity index (χ2v) is 8.17. The molecular formula is C20H17F2N5O2S. The third-order valence-corrected chi connectivity index (χ3v) is 6.20. The van der Waals surface area contributed by atoms with Crippen molar-refractivity contribution in [3.05, 3.63) is 64.5 Å². The first-order valence-corrected chi connectivity index (χ1v) is 9.97. The van der Waals surface area contributed by atoms with Gasteiger partial charge in [0.1, 0.15) is 11.5 Å². The Bertz CT molecular complexity index is 1120. The molecule has 154 valence electrons. The van der Waals surface area contributed by atoms with Crippen LogP contribution in [0.1, 0.15) is 21.6 Å². The van der Waals surface area contributed by atoms with Crippen molar-refractivity contribution in [3.8, 4) is 0 Å². The quantitative estimate of drug-likeness (QED) is 0.730. The van der Waals surface area contributed by atoms with Gasteiger partial charge in [0.15, 0.2) is 16.4 Å². The summed E-state index contributed by atoms with van der Waals surface area (Å²) in [6.45, 7) is 8.30. The number of thioether (sulfide) groups is 1. The first-order chi connectivity index (χ1) is 14.3. The Kier molecular flexibility index (Phi) is 4.95. The normalized spacial score (nSPS) is 25.2. The zero-order chi connectivity index (χ0) is 21.5. The van der Waals surface area contributed by atoms with Crippen molar-refractivity contribution in [2.24, 2.45) is 10.7 Å². The van der Waals surface area contributed by atoms with E-state index in [-0.39, 0.29) is 41.1 Å². The predicted molar refractivity (Wildman–Crippen MR) is 110 cm³/mol. The van der Waals surface area contributed by atoms with E-state index < -0.39 is 22.9 Å². The van der Waals surface area contributed by atoms with Gasteiger partial charge in [0.25, 0.3) is 5.91 Å². The van der Waals surface area contributed by atoms with Crippen LogP contribution in [0.4, 0.5) is 20.2 Å². The summed E-state index contributed by atoms with van der Waals surface area (Å²) in [5.74, 6) is -1.20. The lowest BCUT2D eigenvalue weighted by Crippen LogP contribution is -2.52. The van der Waals surface area contributed by atoms with Gasteiger partial charge in [-0.25, -0.2) is 18.6 Å². The number of carbonyl (C=O) groups excluding carboxylic acids is 1. The Balaban J connectivity index is 1.70. The monoisotopic (exact) mass is 429 g/mol. The van der Waals surface area contributed by atoms with Crippen molar-refractivity contribution < 1.29 is 18.3 Å². The number of aliphatic imine (C=N–C) groups is 1. The van der Waals surface area contributed by atoms with Gasteiger partial charge >= 0.3 is 0 Å². The Morgan fingerprint density at radius 1 is 1.40 bits per heavy atom. The number of halogens is 2. The lowest BCUT2D eigenvalue weighted by atomic mass is 9.79. The Hall–Kier alpha value is -3.03. The van der Waals surface area contributed by atoms with Gasteiger partial charge in [-0.3, -0.25) is 9.78 Å². The number of benzene rings is 1. The number of ether oxygens (including phenoxy) is 1. The molecule has 0 saturated carbocycles. The molecule has 0 radical (unpaired) electrons. The number of anilines is 1. The van der Waals surface area contributed by atoms with E-state index >= 15 is 4.39 Å². The molecule has 1 fully saturated rings. The fourth-order valence-corrected chi connectivity index (χ4v) is 4.58. The number of amides is 1. The van der Waals surface area contributed by atoms with E-state index in [1.54, 1.807) is 13.0 Å². The number of nitrogens with two attached hydrogens (primary N) is 1. The molecule has 0 spiro atoms. The number of hydrogen-bond acceptors (Lipinski definition) is 6. The average Bonchev–Trinajstić information content (AvgIpc) is 3.06. The Morgan fingerprint density at radius 3 is 2.93 bits per heavy atom. The lowest BCUT2D eigenvalue weighted by Gasteiger charge is -2.38. The van der Waals surface area contributed by atoms with E-state index in [9.17, 15) is 9.18 Å². The maximum absolute atomic E-state index is 15.6. The van der Waals surface area contributed by atoms with Crippen LogP contribution in [0.3, 0.4) is 0 Å². The van der Waals surface area contributed by atoms with Crippen LogP contribution in [-0.4, -0.2) is 40.7 Å². The summed E-state index contributed by atoms with van der Waals surface area (Å²) < 4.78 is 35.8. The smallest absolute Gasteiger partial charge is 0.274 e. The molecule has 0 unspecified atom stereocenters. The fourth-order valence-electron chi connectivity index (χ4n) is 3.66. The third-order valence-electron chi connectivity index (χ3n) is 5.21. The van der Waals surface area contributed by atoms with Gasteiger partial charge in [0.05, 0.1) is 19.8 Å². The fraction of sp³-hybridized carbons (Fsp3) is 0.300. The Labute approximate surface area is 175 Å². The SMILES string of the molecule is [C-]#[N+]c1cnc(C(=O)Nc2ccc(F)c([C@]34COC[C@@]3(F)CSC(N)=N4)c2)c(C)c1. The van der Waals surface area contributed by atoms with Crippen molar-refractivity contribution >= 4 is 34.2 Å². The number of rotatable bonds is 3. The number of amidine groups is 1. The second-order valence-electron chi connectivity index (χ2n) is 7.18. The number of alkyl halides is 1. The maximum atomic E-state index is 15.6. The molecule has 1 amide bonds. The van der Waals surface area contributed by atoms with Crippen LogP contribution in [-0.2, 0) is 10.3 Å². The van der Waals surface area contributed by atoms with Crippen LogP contribution in [0.15, 0.2) is 35.5 Å². The molecular weight excluding hydrogens is 412 g/mol. The summed E-state index contributed by atoms with van der Waals surface area (Å²) >= 11 is 1.06. The molecule has 0 bridgehead atoms. The van der Waals surface area contributed by atoms with Crippen molar-refractivity contribution in [2.45, 2.75) is 18.1 Å². The molecule has 1 aromatic carbocycles. The number of nitrogens with zero attached hydrogens (tertiary/aromatic N) is 3. The molecule has 10 heteroatoms. The molecule has 2 aliphatic rings. The predicted octanol–water partition coefficient (Wildman–Crippen LogP) is 3.33. The topological polar surface area (TPSA) is 94.0 Å². The second kappa shape index (κ2) is 7.34. The highest BCUT2D eigenvalue weighted by Gasteiger charge is 2.61. The molecule has 1 aromatic heterocycles. The number of aryl methyl sites for hydroxylation is 1. The highest BCUT2D eigenvalue weighted by molar-refractivity contribution is 8.13. The molecule has 7 nitrogen and oxygen atoms in total. The summed E-state index contributed by atoms with van der Waals surface area (Å²) in [7, 11) is 0. The minimum Gasteiger partial charge on any atom is -0.379 e. The van der Waals surface area contributed by atoms with Gasteiger partial charge in [-0.1, -0.05) is 11.8 Å². The van der Waals surface area contributed by atoms with E-state index in [0.29, 0.717) is 11.3 Å². The number of carbonyl (C=O) groups is 1. The lowest BCUT2D eigenvalue weighted by molar-refractivity contribution is 0.102. The largest absolute Gasteiger partial charge is 0.379 e. The highest BCUT2D eigenvalue weighted by atomic mass is 32.2. The highest BCUT2D eigenvalue weighted by Crippen LogP contribution is 2.50. The van der Waals surface area contributed by atoms with Gasteiger partial charge in [0, 0.05) is 23.2 Å². The average molecular weight is 429 g/mol. The van der Waals surface area contributed by atoms with Crippen LogP contribution < -0.4 is 11.1 Å². The molecule has 2 aliphatic heterocycles. The van der Waals surface area contributed by atoms with Crippen molar-refractivity contribution in [2.75, 3.05) is 24.3 Å². The van der Waals surface area contributed by atoms with Gasteiger partial charge in [0.2, 0.25) is 5.69 Å². The zero-order valence-corrected chi connectivity index (χ0v) is 16.7. The number of hydrogen-bond donors (Lipinski definition) is 2. The van der Waals surface area contributed by atoms with Gasteiger partial charge in [-0.05, 0) is 36.8 Å². The number of fused-ring (bicyclic) bond motifs is 1. The summed E-state index contributed by atoms with van der Waals surface area (Å²) in [5, 5.41) is 2.80. The first-order valence-electron chi connectivity index (χ1n) is 8.98. The van der Waals surface area contributed by atoms with E-state index in [1.165, 1.54) is 18.3 Å². The molecule has 0 aliphatic carbocycles. The number of aromatic nitrogens is 1. The van der Waals surface area contributed by atoms with Crippen LogP contribution in [0.2, 0.25) is 0 Å². The number of nitrogens with one attached hydrogen (secondary N) is 1. The van der Waals surface area contributed by atoms with Crippen LogP contribution in [0, 0.1) is 19.3 Å². The number of pyridine rings is 1. The van der Waals surface area contributed by atoms with E-state index in [1.807, 2.05) is 0 Å². The van der Waals surface area contributed by atoms with Crippen LogP contribution in [0.5, 0.6) is 0 Å². The molecule has 2 aromatic rings. The van der Waals surface area contributed by atoms with E-state index in [2.05, 4.69) is 20.1 Å². The minimum atomic E-state index is -1.92. The molecule has 3 heterocycles. The maximum Gasteiger partial charge on any atom is 0.274 e. The van der Waals surface area contributed by atoms with Crippen molar-refractivity contribution in [1.82, 2.24) is 4.98 Å². The molecule has 3 N–H and O–H groups in total. The van der Waals surface area contributed by atoms with Crippen LogP contribution in [0.25, 0.3) is 4.85 Å². The van der Waals surface area contributed by atoms with Gasteiger partial charge in [-0.2, -0.15) is 0 Å². The summed E-state index contributed by atoms with van der Waals surface area (Å²) in [5.41, 5.74) is 3.49.